The van der Waals surface area contributed by atoms with E-state index in [4.69, 9.17) is 5.11 Å². The van der Waals surface area contributed by atoms with Crippen molar-refractivity contribution in [1.29, 1.82) is 0 Å². The van der Waals surface area contributed by atoms with Gasteiger partial charge in [0, 0.05) is 5.69 Å². The summed E-state index contributed by atoms with van der Waals surface area (Å²) in [6, 6.07) is 6.02. The van der Waals surface area contributed by atoms with E-state index < -0.39 is 5.97 Å². The summed E-state index contributed by atoms with van der Waals surface area (Å²) in [4.78, 5) is 24.8. The number of hydrogen-bond donors (Lipinski definition) is 2. The van der Waals surface area contributed by atoms with E-state index in [1.54, 1.807) is 4.90 Å². The number of hydrogen-bond acceptors (Lipinski definition) is 3. The van der Waals surface area contributed by atoms with Crippen molar-refractivity contribution in [2.24, 2.45) is 0 Å². The lowest BCUT2D eigenvalue weighted by Crippen LogP contribution is -2.37. The number of benzene rings is 1. The molecule has 0 atom stereocenters. The molecule has 23 heavy (non-hydrogen) atoms. The molecule has 0 aromatic heterocycles. The van der Waals surface area contributed by atoms with Crippen LogP contribution in [0.3, 0.4) is 0 Å². The third-order valence-electron chi connectivity index (χ3n) is 3.53. The fraction of sp³-hybridized carbons (Fsp3) is 0.529. The van der Waals surface area contributed by atoms with E-state index in [1.165, 1.54) is 0 Å². The van der Waals surface area contributed by atoms with Gasteiger partial charge in [0.1, 0.15) is 0 Å². The first-order valence-electron chi connectivity index (χ1n) is 7.86. The first kappa shape index (κ1) is 21.4. The Bertz CT molecular complexity index is 498. The van der Waals surface area contributed by atoms with E-state index in [1.807, 2.05) is 25.1 Å². The summed E-state index contributed by atoms with van der Waals surface area (Å²) >= 11 is 0. The Labute approximate surface area is 144 Å². The Balaban J connectivity index is 0.00000484. The Morgan fingerprint density at radius 3 is 2.09 bits per heavy atom. The molecule has 0 saturated heterocycles. The smallest absolute Gasteiger partial charge is 0.317 e. The molecular formula is C17H27ClN2O3. The second-order valence-electron chi connectivity index (χ2n) is 5.31. The number of aliphatic carboxylic acids is 1. The molecule has 0 saturated carbocycles. The van der Waals surface area contributed by atoms with E-state index in [2.05, 4.69) is 19.2 Å². The highest BCUT2D eigenvalue weighted by molar-refractivity contribution is 5.94. The highest BCUT2D eigenvalue weighted by atomic mass is 35.5. The standard InChI is InChI=1S/C17H26N2O3.ClH/c1-4-10-19(12-16(21)22)11-15(20)18-17-13(5-2)8-7-9-14(17)6-3;/h7-9H,4-6,10-12H2,1-3H3,(H,18,20)(H,21,22);1H. The van der Waals surface area contributed by atoms with Gasteiger partial charge in [-0.1, -0.05) is 39.0 Å². The summed E-state index contributed by atoms with van der Waals surface area (Å²) in [5.41, 5.74) is 3.09. The lowest BCUT2D eigenvalue weighted by atomic mass is 10.0. The van der Waals surface area contributed by atoms with E-state index in [-0.39, 0.29) is 31.4 Å². The molecule has 6 heteroatoms. The minimum atomic E-state index is -0.913. The molecule has 2 N–H and O–H groups in total. The van der Waals surface area contributed by atoms with Crippen LogP contribution < -0.4 is 5.32 Å². The molecule has 5 nitrogen and oxygen atoms in total. The average molecular weight is 343 g/mol. The molecule has 130 valence electrons. The van der Waals surface area contributed by atoms with Gasteiger partial charge in [-0.2, -0.15) is 0 Å². The minimum absolute atomic E-state index is 0. The number of amides is 1. The fourth-order valence-corrected chi connectivity index (χ4v) is 2.51. The van der Waals surface area contributed by atoms with Crippen molar-refractivity contribution in [2.45, 2.75) is 40.0 Å². The summed E-state index contributed by atoms with van der Waals surface area (Å²) in [6.45, 7) is 6.65. The van der Waals surface area contributed by atoms with Crippen LogP contribution >= 0.6 is 12.4 Å². The van der Waals surface area contributed by atoms with E-state index in [9.17, 15) is 9.59 Å². The van der Waals surface area contributed by atoms with Crippen molar-refractivity contribution < 1.29 is 14.7 Å². The highest BCUT2D eigenvalue weighted by Gasteiger charge is 2.15. The number of para-hydroxylation sites is 1. The van der Waals surface area contributed by atoms with Gasteiger partial charge in [-0.25, -0.2) is 0 Å². The molecule has 0 unspecified atom stereocenters. The van der Waals surface area contributed by atoms with Gasteiger partial charge in [0.2, 0.25) is 5.91 Å². The van der Waals surface area contributed by atoms with Crippen LogP contribution in [0.1, 0.15) is 38.3 Å². The Morgan fingerprint density at radius 1 is 1.09 bits per heavy atom. The molecule has 0 aliphatic carbocycles. The number of anilines is 1. The molecule has 1 amide bonds. The third kappa shape index (κ3) is 7.01. The molecule has 1 aromatic carbocycles. The van der Waals surface area contributed by atoms with E-state index in [0.717, 1.165) is 36.1 Å². The molecule has 1 aromatic rings. The van der Waals surface area contributed by atoms with Crippen LogP contribution in [0.5, 0.6) is 0 Å². The Hall–Kier alpha value is -1.59. The summed E-state index contributed by atoms with van der Waals surface area (Å²) in [6.07, 6.45) is 2.50. The topological polar surface area (TPSA) is 69.6 Å². The molecule has 1 rings (SSSR count). The largest absolute Gasteiger partial charge is 0.480 e. The van der Waals surface area contributed by atoms with Gasteiger partial charge in [0.05, 0.1) is 13.1 Å². The lowest BCUT2D eigenvalue weighted by molar-refractivity contribution is -0.138. The quantitative estimate of drug-likeness (QED) is 0.724. The maximum atomic E-state index is 12.3. The fourth-order valence-electron chi connectivity index (χ4n) is 2.51. The zero-order chi connectivity index (χ0) is 16.5. The number of halogens is 1. The molecule has 0 bridgehead atoms. The number of carboxylic acids is 1. The number of carboxylic acid groups (broad SMARTS) is 1. The molecular weight excluding hydrogens is 316 g/mol. The first-order valence-corrected chi connectivity index (χ1v) is 7.86. The van der Waals surface area contributed by atoms with Gasteiger partial charge in [-0.15, -0.1) is 12.4 Å². The monoisotopic (exact) mass is 342 g/mol. The predicted molar refractivity (Wildman–Crippen MR) is 95.4 cm³/mol. The van der Waals surface area contributed by atoms with Crippen LogP contribution in [-0.4, -0.2) is 41.5 Å². The number of nitrogens with one attached hydrogen (secondary N) is 1. The summed E-state index contributed by atoms with van der Waals surface area (Å²) in [7, 11) is 0. The number of aryl methyl sites for hydroxylation is 2. The number of carbonyl (C=O) groups excluding carboxylic acids is 1. The van der Waals surface area contributed by atoms with Crippen LogP contribution in [0.15, 0.2) is 18.2 Å². The van der Waals surface area contributed by atoms with Gasteiger partial charge in [0.15, 0.2) is 0 Å². The van der Waals surface area contributed by atoms with Gasteiger partial charge in [-0.05, 0) is 36.9 Å². The second kappa shape index (κ2) is 11.0. The van der Waals surface area contributed by atoms with Crippen LogP contribution in [-0.2, 0) is 22.4 Å². The molecule has 0 aliphatic heterocycles. The Morgan fingerprint density at radius 2 is 1.65 bits per heavy atom. The van der Waals surface area contributed by atoms with Crippen molar-refractivity contribution >= 4 is 30.0 Å². The molecule has 0 aliphatic rings. The van der Waals surface area contributed by atoms with Crippen LogP contribution in [0.2, 0.25) is 0 Å². The summed E-state index contributed by atoms with van der Waals surface area (Å²) < 4.78 is 0. The minimum Gasteiger partial charge on any atom is -0.480 e. The number of carbonyl (C=O) groups is 2. The van der Waals surface area contributed by atoms with Crippen molar-refractivity contribution in [3.63, 3.8) is 0 Å². The van der Waals surface area contributed by atoms with Crippen LogP contribution in [0.4, 0.5) is 5.69 Å². The number of rotatable bonds is 9. The SMILES string of the molecule is CCCN(CC(=O)O)CC(=O)Nc1c(CC)cccc1CC.Cl. The predicted octanol–water partition coefficient (Wildman–Crippen LogP) is 2.97. The molecule has 0 fully saturated rings. The highest BCUT2D eigenvalue weighted by Crippen LogP contribution is 2.22. The maximum absolute atomic E-state index is 12.3. The van der Waals surface area contributed by atoms with E-state index >= 15 is 0 Å². The third-order valence-corrected chi connectivity index (χ3v) is 3.53. The average Bonchev–Trinajstić information content (AvgIpc) is 2.46. The zero-order valence-corrected chi connectivity index (χ0v) is 14.9. The lowest BCUT2D eigenvalue weighted by Gasteiger charge is -2.20. The van der Waals surface area contributed by atoms with E-state index in [0.29, 0.717) is 6.54 Å². The van der Waals surface area contributed by atoms with Crippen molar-refractivity contribution in [2.75, 3.05) is 25.0 Å². The number of nitrogens with zero attached hydrogens (tertiary/aromatic N) is 1. The van der Waals surface area contributed by atoms with Gasteiger partial charge in [-0.3, -0.25) is 14.5 Å². The second-order valence-corrected chi connectivity index (χ2v) is 5.31. The summed E-state index contributed by atoms with van der Waals surface area (Å²) in [5.74, 6) is -1.07. The summed E-state index contributed by atoms with van der Waals surface area (Å²) in [5, 5.41) is 11.9. The van der Waals surface area contributed by atoms with Crippen LogP contribution in [0, 0.1) is 0 Å². The Kier molecular flexibility index (Phi) is 10.3. The van der Waals surface area contributed by atoms with Gasteiger partial charge < -0.3 is 10.4 Å². The van der Waals surface area contributed by atoms with Crippen molar-refractivity contribution in [3.8, 4) is 0 Å². The molecule has 0 spiro atoms. The van der Waals surface area contributed by atoms with Crippen molar-refractivity contribution in [3.05, 3.63) is 29.3 Å². The molecule has 0 radical (unpaired) electrons. The first-order chi connectivity index (χ1) is 10.5. The van der Waals surface area contributed by atoms with Gasteiger partial charge >= 0.3 is 5.97 Å². The molecule has 0 heterocycles. The van der Waals surface area contributed by atoms with Crippen molar-refractivity contribution in [1.82, 2.24) is 4.90 Å². The van der Waals surface area contributed by atoms with Crippen LogP contribution in [0.25, 0.3) is 0 Å². The zero-order valence-electron chi connectivity index (χ0n) is 14.1. The van der Waals surface area contributed by atoms with Gasteiger partial charge in [0.25, 0.3) is 0 Å². The maximum Gasteiger partial charge on any atom is 0.317 e. The normalized spacial score (nSPS) is 10.3.